The van der Waals surface area contributed by atoms with Gasteiger partial charge in [0.1, 0.15) is 5.60 Å². The Balaban J connectivity index is 4.12. The van der Waals surface area contributed by atoms with Gasteiger partial charge < -0.3 is 20.7 Å². The number of rotatable bonds is 3. The molecule has 1 unspecified atom stereocenters. The Kier molecular flexibility index (Phi) is 4.32. The molecule has 5 heteroatoms. The molecule has 5 nitrogen and oxygen atoms in total. The minimum absolute atomic E-state index is 0.458. The molecule has 0 aliphatic rings. The third-order valence-corrected chi connectivity index (χ3v) is 1.26. The quantitative estimate of drug-likeness (QED) is 0.498. The molecule has 13 heavy (non-hydrogen) atoms. The molecule has 0 saturated carbocycles. The summed E-state index contributed by atoms with van der Waals surface area (Å²) in [7, 11) is 0. The number of aliphatic hydroxyl groups excluding tert-OH is 2. The lowest BCUT2D eigenvalue weighted by Crippen LogP contribution is -2.45. The molecule has 0 aromatic rings. The van der Waals surface area contributed by atoms with Gasteiger partial charge in [0, 0.05) is 0 Å². The van der Waals surface area contributed by atoms with Gasteiger partial charge in [0.05, 0.1) is 12.6 Å². The zero-order chi connectivity index (χ0) is 10.6. The fraction of sp³-hybridized carbons (Fsp3) is 0.875. The van der Waals surface area contributed by atoms with Gasteiger partial charge in [0.2, 0.25) is 0 Å². The average Bonchev–Trinajstić information content (AvgIpc) is 1.98. The van der Waals surface area contributed by atoms with E-state index < -0.39 is 30.3 Å². The van der Waals surface area contributed by atoms with Crippen LogP contribution < -0.4 is 5.73 Å². The molecule has 0 rings (SSSR count). The van der Waals surface area contributed by atoms with Crippen LogP contribution in [-0.4, -0.2) is 40.5 Å². The van der Waals surface area contributed by atoms with Crippen molar-refractivity contribution >= 4 is 5.97 Å². The molecule has 0 aliphatic carbocycles. The highest BCUT2D eigenvalue weighted by atomic mass is 16.6. The van der Waals surface area contributed by atoms with Crippen molar-refractivity contribution in [2.24, 2.45) is 5.73 Å². The maximum absolute atomic E-state index is 11.1. The number of aliphatic hydroxyl groups is 2. The van der Waals surface area contributed by atoms with Crippen LogP contribution in [0.15, 0.2) is 0 Å². The fourth-order valence-electron chi connectivity index (χ4n) is 0.637. The van der Waals surface area contributed by atoms with E-state index in [9.17, 15) is 9.90 Å². The monoisotopic (exact) mass is 191 g/mol. The van der Waals surface area contributed by atoms with Crippen LogP contribution in [0.2, 0.25) is 0 Å². The van der Waals surface area contributed by atoms with Gasteiger partial charge in [-0.15, -0.1) is 0 Å². The molecule has 0 saturated heterocycles. The van der Waals surface area contributed by atoms with E-state index in [1.54, 1.807) is 20.8 Å². The highest BCUT2D eigenvalue weighted by molar-refractivity contribution is 5.75. The third kappa shape index (κ3) is 4.82. The van der Waals surface area contributed by atoms with Crippen LogP contribution in [0, 0.1) is 0 Å². The van der Waals surface area contributed by atoms with Crippen LogP contribution in [0.5, 0.6) is 0 Å². The van der Waals surface area contributed by atoms with Gasteiger partial charge in [-0.05, 0) is 20.8 Å². The Morgan fingerprint density at radius 3 is 2.31 bits per heavy atom. The van der Waals surface area contributed by atoms with E-state index in [1.165, 1.54) is 0 Å². The molecule has 0 spiro atoms. The molecule has 0 heterocycles. The molecule has 0 amide bonds. The lowest BCUT2D eigenvalue weighted by molar-refractivity contribution is -0.166. The van der Waals surface area contributed by atoms with Crippen LogP contribution in [0.3, 0.4) is 0 Å². The number of carbonyl (C=O) groups excluding carboxylic acids is 1. The van der Waals surface area contributed by atoms with E-state index in [-0.39, 0.29) is 0 Å². The van der Waals surface area contributed by atoms with Crippen molar-refractivity contribution in [3.63, 3.8) is 0 Å². The molecule has 4 N–H and O–H groups in total. The molecule has 0 radical (unpaired) electrons. The minimum atomic E-state index is -1.47. The first-order valence-corrected chi connectivity index (χ1v) is 4.05. The average molecular weight is 191 g/mol. The zero-order valence-electron chi connectivity index (χ0n) is 8.15. The van der Waals surface area contributed by atoms with Crippen LogP contribution in [0.25, 0.3) is 0 Å². The minimum Gasteiger partial charge on any atom is -0.458 e. The van der Waals surface area contributed by atoms with E-state index in [0.29, 0.717) is 0 Å². The Bertz CT molecular complexity index is 175. The number of hydrogen-bond acceptors (Lipinski definition) is 5. The SMILES string of the molecule is CC(C)(C)OC(=O)C(O)[C@@H](N)CO. The number of hydrogen-bond donors (Lipinski definition) is 3. The second-order valence-corrected chi connectivity index (χ2v) is 3.82. The second kappa shape index (κ2) is 4.55. The highest BCUT2D eigenvalue weighted by Gasteiger charge is 2.27. The molecule has 78 valence electrons. The van der Waals surface area contributed by atoms with Gasteiger partial charge in [-0.25, -0.2) is 4.79 Å². The molecular formula is C8H17NO4. The summed E-state index contributed by atoms with van der Waals surface area (Å²) in [6, 6.07) is -0.991. The summed E-state index contributed by atoms with van der Waals surface area (Å²) in [5.41, 5.74) is 4.58. The largest absolute Gasteiger partial charge is 0.458 e. The molecule has 0 aliphatic heterocycles. The third-order valence-electron chi connectivity index (χ3n) is 1.26. The number of carbonyl (C=O) groups is 1. The Labute approximate surface area is 77.5 Å². The van der Waals surface area contributed by atoms with E-state index in [1.807, 2.05) is 0 Å². The van der Waals surface area contributed by atoms with Crippen LogP contribution in [0.1, 0.15) is 20.8 Å². The Morgan fingerprint density at radius 1 is 1.54 bits per heavy atom. The number of esters is 1. The molecule has 2 atom stereocenters. The summed E-state index contributed by atoms with van der Waals surface area (Å²) >= 11 is 0. The van der Waals surface area contributed by atoms with Crippen molar-refractivity contribution in [1.82, 2.24) is 0 Å². The first-order valence-electron chi connectivity index (χ1n) is 4.05. The summed E-state index contributed by atoms with van der Waals surface area (Å²) in [6.07, 6.45) is -1.47. The van der Waals surface area contributed by atoms with Crippen molar-refractivity contribution in [2.45, 2.75) is 38.5 Å². The van der Waals surface area contributed by atoms with Crippen LogP contribution >= 0.6 is 0 Å². The number of ether oxygens (including phenoxy) is 1. The van der Waals surface area contributed by atoms with Gasteiger partial charge in [-0.1, -0.05) is 0 Å². The van der Waals surface area contributed by atoms with Gasteiger partial charge >= 0.3 is 5.97 Å². The second-order valence-electron chi connectivity index (χ2n) is 3.82. The smallest absolute Gasteiger partial charge is 0.337 e. The molecule has 0 fully saturated rings. The lowest BCUT2D eigenvalue weighted by Gasteiger charge is -2.23. The molecule has 0 aromatic heterocycles. The van der Waals surface area contributed by atoms with Gasteiger partial charge in [0.15, 0.2) is 6.10 Å². The van der Waals surface area contributed by atoms with Gasteiger partial charge in [-0.2, -0.15) is 0 Å². The first kappa shape index (κ1) is 12.3. The zero-order valence-corrected chi connectivity index (χ0v) is 8.15. The van der Waals surface area contributed by atoms with Crippen LogP contribution in [-0.2, 0) is 9.53 Å². The topological polar surface area (TPSA) is 92.8 Å². The molecular weight excluding hydrogens is 174 g/mol. The van der Waals surface area contributed by atoms with Crippen molar-refractivity contribution in [3.8, 4) is 0 Å². The van der Waals surface area contributed by atoms with Crippen molar-refractivity contribution in [1.29, 1.82) is 0 Å². The van der Waals surface area contributed by atoms with Crippen molar-refractivity contribution in [3.05, 3.63) is 0 Å². The van der Waals surface area contributed by atoms with Gasteiger partial charge in [-0.3, -0.25) is 0 Å². The fourth-order valence-corrected chi connectivity index (χ4v) is 0.637. The van der Waals surface area contributed by atoms with Crippen molar-refractivity contribution < 1.29 is 19.7 Å². The molecule has 0 bridgehead atoms. The van der Waals surface area contributed by atoms with E-state index in [4.69, 9.17) is 15.6 Å². The van der Waals surface area contributed by atoms with Crippen LogP contribution in [0.4, 0.5) is 0 Å². The van der Waals surface area contributed by atoms with E-state index >= 15 is 0 Å². The normalized spacial score (nSPS) is 16.5. The predicted molar refractivity (Wildman–Crippen MR) is 46.9 cm³/mol. The first-order chi connectivity index (χ1) is 5.78. The Morgan fingerprint density at radius 2 is 2.00 bits per heavy atom. The predicted octanol–water partition coefficient (Wildman–Crippen LogP) is -0.991. The van der Waals surface area contributed by atoms with E-state index in [2.05, 4.69) is 0 Å². The summed E-state index contributed by atoms with van der Waals surface area (Å²) in [5, 5.41) is 17.7. The lowest BCUT2D eigenvalue weighted by atomic mass is 10.1. The maximum atomic E-state index is 11.1. The summed E-state index contributed by atoms with van der Waals surface area (Å²) < 4.78 is 4.84. The summed E-state index contributed by atoms with van der Waals surface area (Å²) in [5.74, 6) is -0.811. The van der Waals surface area contributed by atoms with Gasteiger partial charge in [0.25, 0.3) is 0 Å². The van der Waals surface area contributed by atoms with E-state index in [0.717, 1.165) is 0 Å². The summed E-state index contributed by atoms with van der Waals surface area (Å²) in [4.78, 5) is 11.1. The molecule has 0 aromatic carbocycles. The maximum Gasteiger partial charge on any atom is 0.337 e. The summed E-state index contributed by atoms with van der Waals surface area (Å²) in [6.45, 7) is 4.59. The number of nitrogens with two attached hydrogens (primary N) is 1. The Hall–Kier alpha value is -0.650. The highest BCUT2D eigenvalue weighted by Crippen LogP contribution is 2.09. The van der Waals surface area contributed by atoms with Crippen molar-refractivity contribution in [2.75, 3.05) is 6.61 Å². The standard InChI is InChI=1S/C8H17NO4/c1-8(2,3)13-7(12)6(11)5(9)4-10/h5-6,10-11H,4,9H2,1-3H3/t5-,6?/m0/s1.